The monoisotopic (exact) mass is 561 g/mol. The third kappa shape index (κ3) is 6.92. The molecule has 1 fully saturated rings. The van der Waals surface area contributed by atoms with E-state index >= 15 is 0 Å². The Labute approximate surface area is 230 Å². The van der Waals surface area contributed by atoms with E-state index in [4.69, 9.17) is 37.8 Å². The molecule has 0 radical (unpaired) electrons. The average molecular weight is 562 g/mol. The topological polar surface area (TPSA) is 123 Å². The highest BCUT2D eigenvalue weighted by atomic mass is 35.5. The first-order valence-electron chi connectivity index (χ1n) is 12.2. The highest BCUT2D eigenvalue weighted by Gasteiger charge is 2.39. The Morgan fingerprint density at radius 1 is 1.08 bits per heavy atom. The molecule has 1 aliphatic rings. The molecule has 0 bridgehead atoms. The van der Waals surface area contributed by atoms with Crippen molar-refractivity contribution in [1.82, 2.24) is 9.55 Å². The number of halogens is 2. The van der Waals surface area contributed by atoms with Gasteiger partial charge in [0.2, 0.25) is 5.91 Å². The van der Waals surface area contributed by atoms with Crippen molar-refractivity contribution in [3.05, 3.63) is 81.9 Å². The van der Waals surface area contributed by atoms with Gasteiger partial charge < -0.3 is 29.6 Å². The van der Waals surface area contributed by atoms with Gasteiger partial charge in [0.1, 0.15) is 5.15 Å². The van der Waals surface area contributed by atoms with Gasteiger partial charge in [-0.25, -0.2) is 4.98 Å². The number of nitrogens with one attached hydrogen (secondary N) is 1. The molecule has 0 aliphatic carbocycles. The summed E-state index contributed by atoms with van der Waals surface area (Å²) in [6.07, 6.45) is 0.451. The van der Waals surface area contributed by atoms with Crippen LogP contribution in [-0.4, -0.2) is 37.7 Å². The number of benzene rings is 2. The number of aliphatic carboxylic acids is 1. The van der Waals surface area contributed by atoms with E-state index < -0.39 is 12.3 Å². The first-order valence-corrected chi connectivity index (χ1v) is 13.0. The summed E-state index contributed by atoms with van der Waals surface area (Å²) in [4.78, 5) is 27.1. The van der Waals surface area contributed by atoms with Crippen LogP contribution in [0, 0.1) is 5.92 Å². The SMILES string of the molecule is C[C@@H]1[C@H](Cn2cnc(Cl)c2Cl)O[C@H](c2cccc(NC(=O)CCCC(=O)O)c2)O[C@@H]1c1ccc(CO)cc1. The van der Waals surface area contributed by atoms with E-state index in [1.165, 1.54) is 0 Å². The molecule has 2 aromatic carbocycles. The molecule has 0 saturated carbocycles. The Bertz CT molecular complexity index is 1270. The maximum Gasteiger partial charge on any atom is 0.303 e. The van der Waals surface area contributed by atoms with Crippen molar-refractivity contribution >= 4 is 40.8 Å². The molecule has 1 aromatic heterocycles. The van der Waals surface area contributed by atoms with Crippen molar-refractivity contribution in [2.75, 3.05) is 5.32 Å². The zero-order chi connectivity index (χ0) is 27.2. The zero-order valence-electron chi connectivity index (χ0n) is 20.7. The first kappa shape index (κ1) is 28.1. The van der Waals surface area contributed by atoms with Crippen LogP contribution in [-0.2, 0) is 32.2 Å². The summed E-state index contributed by atoms with van der Waals surface area (Å²) in [6.45, 7) is 2.38. The van der Waals surface area contributed by atoms with Crippen molar-refractivity contribution in [1.29, 1.82) is 0 Å². The molecule has 38 heavy (non-hydrogen) atoms. The number of nitrogens with zero attached hydrogens (tertiary/aromatic N) is 2. The van der Waals surface area contributed by atoms with Gasteiger partial charge >= 0.3 is 5.97 Å². The lowest BCUT2D eigenvalue weighted by atomic mass is 9.90. The highest BCUT2D eigenvalue weighted by Crippen LogP contribution is 2.42. The number of carboxylic acids is 1. The molecular formula is C27H29Cl2N3O6. The smallest absolute Gasteiger partial charge is 0.303 e. The van der Waals surface area contributed by atoms with Crippen LogP contribution < -0.4 is 5.32 Å². The molecule has 1 aliphatic heterocycles. The maximum absolute atomic E-state index is 12.3. The zero-order valence-corrected chi connectivity index (χ0v) is 22.2. The number of carbonyl (C=O) groups excluding carboxylic acids is 1. The number of aliphatic hydroxyl groups excluding tert-OH is 1. The summed E-state index contributed by atoms with van der Waals surface area (Å²) in [5.41, 5.74) is 2.99. The van der Waals surface area contributed by atoms with Crippen LogP contribution in [0.15, 0.2) is 54.9 Å². The van der Waals surface area contributed by atoms with Gasteiger partial charge in [0, 0.05) is 30.0 Å². The lowest BCUT2D eigenvalue weighted by Crippen LogP contribution is -2.39. The van der Waals surface area contributed by atoms with E-state index in [2.05, 4.69) is 10.3 Å². The Hall–Kier alpha value is -2.95. The predicted octanol–water partition coefficient (Wildman–Crippen LogP) is 5.37. The van der Waals surface area contributed by atoms with Gasteiger partial charge in [-0.1, -0.05) is 66.5 Å². The quantitative estimate of drug-likeness (QED) is 0.304. The summed E-state index contributed by atoms with van der Waals surface area (Å²) in [7, 11) is 0. The molecule has 11 heteroatoms. The van der Waals surface area contributed by atoms with Crippen molar-refractivity contribution in [2.24, 2.45) is 5.92 Å². The number of hydrogen-bond donors (Lipinski definition) is 3. The van der Waals surface area contributed by atoms with Crippen LogP contribution >= 0.6 is 23.2 Å². The summed E-state index contributed by atoms with van der Waals surface area (Å²) in [5.74, 6) is -1.29. The number of ether oxygens (including phenoxy) is 2. The largest absolute Gasteiger partial charge is 0.481 e. The minimum Gasteiger partial charge on any atom is -0.481 e. The van der Waals surface area contributed by atoms with E-state index in [0.29, 0.717) is 22.9 Å². The number of imidazole rings is 1. The molecule has 2 heterocycles. The number of anilines is 1. The number of aromatic nitrogens is 2. The van der Waals surface area contributed by atoms with Gasteiger partial charge in [-0.05, 0) is 29.7 Å². The summed E-state index contributed by atoms with van der Waals surface area (Å²) < 4.78 is 14.6. The van der Waals surface area contributed by atoms with E-state index in [-0.39, 0.29) is 55.1 Å². The van der Waals surface area contributed by atoms with Crippen LogP contribution in [0.25, 0.3) is 0 Å². The minimum absolute atomic E-state index is 0.0512. The lowest BCUT2D eigenvalue weighted by molar-refractivity contribution is -0.276. The van der Waals surface area contributed by atoms with Crippen molar-refractivity contribution in [3.63, 3.8) is 0 Å². The summed E-state index contributed by atoms with van der Waals surface area (Å²) in [6, 6.07) is 14.8. The van der Waals surface area contributed by atoms with Crippen LogP contribution in [0.1, 0.15) is 55.3 Å². The van der Waals surface area contributed by atoms with Crippen LogP contribution in [0.3, 0.4) is 0 Å². The Kier molecular flexibility index (Phi) is 9.40. The minimum atomic E-state index is -0.935. The number of amides is 1. The molecule has 3 aromatic rings. The number of carbonyl (C=O) groups is 2. The van der Waals surface area contributed by atoms with Gasteiger partial charge in [0.05, 0.1) is 31.7 Å². The third-order valence-corrected chi connectivity index (χ3v) is 7.24. The predicted molar refractivity (Wildman–Crippen MR) is 142 cm³/mol. The number of rotatable bonds is 10. The Morgan fingerprint density at radius 3 is 2.50 bits per heavy atom. The van der Waals surface area contributed by atoms with Crippen molar-refractivity contribution in [2.45, 2.75) is 57.8 Å². The number of hydrogen-bond acceptors (Lipinski definition) is 6. The highest BCUT2D eigenvalue weighted by molar-refractivity contribution is 6.40. The molecule has 9 nitrogen and oxygen atoms in total. The van der Waals surface area contributed by atoms with Crippen molar-refractivity contribution in [3.8, 4) is 0 Å². The average Bonchev–Trinajstić information content (AvgIpc) is 3.22. The summed E-state index contributed by atoms with van der Waals surface area (Å²) >= 11 is 12.4. The maximum atomic E-state index is 12.3. The fraction of sp³-hybridized carbons (Fsp3) is 0.370. The lowest BCUT2D eigenvalue weighted by Gasteiger charge is -2.41. The second-order valence-corrected chi connectivity index (χ2v) is 9.94. The van der Waals surface area contributed by atoms with E-state index in [9.17, 15) is 14.7 Å². The Morgan fingerprint density at radius 2 is 1.84 bits per heavy atom. The number of aliphatic hydroxyl groups is 1. The molecular weight excluding hydrogens is 533 g/mol. The second-order valence-electron chi connectivity index (χ2n) is 9.22. The first-order chi connectivity index (χ1) is 18.2. The van der Waals surface area contributed by atoms with E-state index in [0.717, 1.165) is 11.1 Å². The normalized spacial score (nSPS) is 21.3. The molecule has 202 valence electrons. The van der Waals surface area contributed by atoms with Gasteiger partial charge in [-0.3, -0.25) is 9.59 Å². The molecule has 1 amide bonds. The molecule has 0 unspecified atom stereocenters. The molecule has 3 N–H and O–H groups in total. The Balaban J connectivity index is 1.56. The van der Waals surface area contributed by atoms with E-state index in [1.807, 2.05) is 37.3 Å². The molecule has 1 saturated heterocycles. The summed E-state index contributed by atoms with van der Waals surface area (Å²) in [5, 5.41) is 21.6. The van der Waals surface area contributed by atoms with Gasteiger partial charge in [-0.15, -0.1) is 0 Å². The van der Waals surface area contributed by atoms with Crippen molar-refractivity contribution < 1.29 is 29.3 Å². The van der Waals surface area contributed by atoms with Crippen LogP contribution in [0.5, 0.6) is 0 Å². The number of carboxylic acid groups (broad SMARTS) is 1. The van der Waals surface area contributed by atoms with Crippen LogP contribution in [0.4, 0.5) is 5.69 Å². The molecule has 4 rings (SSSR count). The fourth-order valence-corrected chi connectivity index (χ4v) is 4.69. The van der Waals surface area contributed by atoms with Gasteiger partial charge in [0.25, 0.3) is 0 Å². The standard InChI is InChI=1S/C27H29Cl2N3O6/c1-16-21(13-32-15-30-25(28)26(32)29)37-27(38-24(16)18-10-8-17(14-33)9-11-18)19-4-2-5-20(12-19)31-22(34)6-3-7-23(35)36/h2,4-5,8-12,15-16,21,24,27,33H,3,6-7,13-14H2,1H3,(H,31,34)(H,35,36)/t16-,21+,24+,27+/m1/s1. The van der Waals surface area contributed by atoms with Gasteiger partial charge in [0.15, 0.2) is 11.4 Å². The second kappa shape index (κ2) is 12.7. The van der Waals surface area contributed by atoms with E-state index in [1.54, 1.807) is 29.1 Å². The molecule has 4 atom stereocenters. The van der Waals surface area contributed by atoms with Gasteiger partial charge in [-0.2, -0.15) is 0 Å². The third-order valence-electron chi connectivity index (χ3n) is 6.47. The fourth-order valence-electron chi connectivity index (χ4n) is 4.38. The molecule has 0 spiro atoms. The van der Waals surface area contributed by atoms with Crippen LogP contribution in [0.2, 0.25) is 10.3 Å².